The fourth-order valence-electron chi connectivity index (χ4n) is 2.40. The quantitative estimate of drug-likeness (QED) is 0.916. The number of amides is 1. The van der Waals surface area contributed by atoms with Crippen LogP contribution in [0.25, 0.3) is 0 Å². The lowest BCUT2D eigenvalue weighted by Gasteiger charge is -2.35. The fourth-order valence-corrected chi connectivity index (χ4v) is 2.96. The van der Waals surface area contributed by atoms with Gasteiger partial charge in [-0.15, -0.1) is 11.3 Å². The van der Waals surface area contributed by atoms with Crippen molar-refractivity contribution in [2.24, 2.45) is 0 Å². The number of anilines is 2. The molecule has 3 rings (SSSR count). The monoisotopic (exact) mass is 303 g/mol. The maximum absolute atomic E-state index is 12.2. The third kappa shape index (κ3) is 3.30. The molecule has 1 aliphatic heterocycles. The maximum atomic E-state index is 12.2. The zero-order chi connectivity index (χ0) is 14.7. The van der Waals surface area contributed by atoms with Crippen LogP contribution >= 0.6 is 11.3 Å². The molecule has 3 heterocycles. The Bertz CT molecular complexity index is 607. The van der Waals surface area contributed by atoms with Crippen molar-refractivity contribution in [1.29, 1.82) is 0 Å². The highest BCUT2D eigenvalue weighted by atomic mass is 32.1. The van der Waals surface area contributed by atoms with E-state index in [1.165, 1.54) is 11.3 Å². The fraction of sp³-hybridized carbons (Fsp3) is 0.357. The van der Waals surface area contributed by atoms with Gasteiger partial charge >= 0.3 is 0 Å². The average Bonchev–Trinajstić information content (AvgIpc) is 2.93. The largest absolute Gasteiger partial charge is 0.375 e. The molecule has 6 nitrogen and oxygen atoms in total. The number of pyridine rings is 1. The molecule has 2 aromatic heterocycles. The molecule has 110 valence electrons. The summed E-state index contributed by atoms with van der Waals surface area (Å²) in [6, 6.07) is 5.88. The van der Waals surface area contributed by atoms with Crippen molar-refractivity contribution in [2.75, 3.05) is 36.8 Å². The van der Waals surface area contributed by atoms with Crippen LogP contribution in [0.4, 0.5) is 10.9 Å². The Balaban J connectivity index is 1.54. The summed E-state index contributed by atoms with van der Waals surface area (Å²) in [5.74, 6) is 1.08. The third-order valence-electron chi connectivity index (χ3n) is 3.51. The summed E-state index contributed by atoms with van der Waals surface area (Å²) < 4.78 is 0. The van der Waals surface area contributed by atoms with Crippen LogP contribution < -0.4 is 10.6 Å². The van der Waals surface area contributed by atoms with E-state index >= 15 is 0 Å². The molecule has 1 amide bonds. The average molecular weight is 303 g/mol. The van der Waals surface area contributed by atoms with Gasteiger partial charge in [0.2, 0.25) is 5.91 Å². The van der Waals surface area contributed by atoms with E-state index in [0.29, 0.717) is 11.6 Å². The molecule has 1 saturated heterocycles. The van der Waals surface area contributed by atoms with E-state index in [1.54, 1.807) is 6.20 Å². The Morgan fingerprint density at radius 2 is 2.10 bits per heavy atom. The van der Waals surface area contributed by atoms with E-state index in [4.69, 9.17) is 5.73 Å². The van der Waals surface area contributed by atoms with E-state index in [-0.39, 0.29) is 5.91 Å². The third-order valence-corrected chi connectivity index (χ3v) is 4.23. The van der Waals surface area contributed by atoms with Crippen molar-refractivity contribution < 1.29 is 4.79 Å². The number of nitrogens with zero attached hydrogens (tertiary/aromatic N) is 4. The van der Waals surface area contributed by atoms with Crippen molar-refractivity contribution in [3.63, 3.8) is 0 Å². The summed E-state index contributed by atoms with van der Waals surface area (Å²) in [4.78, 5) is 24.8. The van der Waals surface area contributed by atoms with Gasteiger partial charge in [-0.1, -0.05) is 6.07 Å². The van der Waals surface area contributed by atoms with Gasteiger partial charge in [-0.2, -0.15) is 0 Å². The van der Waals surface area contributed by atoms with Gasteiger partial charge in [-0.3, -0.25) is 4.79 Å². The van der Waals surface area contributed by atoms with E-state index in [0.717, 1.165) is 37.7 Å². The Morgan fingerprint density at radius 1 is 1.29 bits per heavy atom. The molecule has 2 N–H and O–H groups in total. The van der Waals surface area contributed by atoms with Crippen molar-refractivity contribution in [2.45, 2.75) is 6.42 Å². The highest BCUT2D eigenvalue weighted by Gasteiger charge is 2.22. The van der Waals surface area contributed by atoms with E-state index in [9.17, 15) is 4.79 Å². The number of hydrogen-bond acceptors (Lipinski definition) is 6. The van der Waals surface area contributed by atoms with Gasteiger partial charge in [-0.25, -0.2) is 9.97 Å². The van der Waals surface area contributed by atoms with E-state index in [2.05, 4.69) is 14.9 Å². The van der Waals surface area contributed by atoms with Crippen LogP contribution in [0.3, 0.4) is 0 Å². The molecule has 1 fully saturated rings. The Labute approximate surface area is 127 Å². The molecule has 1 aliphatic rings. The topological polar surface area (TPSA) is 75.3 Å². The van der Waals surface area contributed by atoms with Crippen LogP contribution in [0.5, 0.6) is 0 Å². The molecular weight excluding hydrogens is 286 g/mol. The minimum atomic E-state index is 0.112. The molecule has 0 unspecified atom stereocenters. The molecule has 21 heavy (non-hydrogen) atoms. The number of rotatable bonds is 3. The molecule has 0 atom stereocenters. The lowest BCUT2D eigenvalue weighted by molar-refractivity contribution is -0.130. The molecule has 7 heteroatoms. The molecule has 0 radical (unpaired) electrons. The second-order valence-corrected chi connectivity index (χ2v) is 5.80. The van der Waals surface area contributed by atoms with Crippen LogP contribution in [0.1, 0.15) is 5.69 Å². The SMILES string of the molecule is Nc1nc(CC(=O)N2CCN(c3ccccn3)CC2)cs1. The summed E-state index contributed by atoms with van der Waals surface area (Å²) in [7, 11) is 0. The molecule has 0 aliphatic carbocycles. The number of piperazine rings is 1. The van der Waals surface area contributed by atoms with Crippen LogP contribution in [0.15, 0.2) is 29.8 Å². The molecule has 0 spiro atoms. The summed E-state index contributed by atoms with van der Waals surface area (Å²) >= 11 is 1.37. The zero-order valence-electron chi connectivity index (χ0n) is 11.6. The van der Waals surface area contributed by atoms with Gasteiger partial charge < -0.3 is 15.5 Å². The standard InChI is InChI=1S/C14H17N5OS/c15-14-17-11(10-21-14)9-13(20)19-7-5-18(6-8-19)12-3-1-2-4-16-12/h1-4,10H,5-9H2,(H2,15,17). The number of nitrogen functional groups attached to an aromatic ring is 1. The Kier molecular flexibility index (Phi) is 4.01. The first-order valence-corrected chi connectivity index (χ1v) is 7.74. The summed E-state index contributed by atoms with van der Waals surface area (Å²) in [5, 5.41) is 2.36. The van der Waals surface area contributed by atoms with Gasteiger partial charge in [0.15, 0.2) is 5.13 Å². The number of carbonyl (C=O) groups is 1. The Morgan fingerprint density at radius 3 is 2.71 bits per heavy atom. The molecule has 0 bridgehead atoms. The second kappa shape index (κ2) is 6.09. The predicted octanol–water partition coefficient (Wildman–Crippen LogP) is 1.01. The predicted molar refractivity (Wildman–Crippen MR) is 83.3 cm³/mol. The molecule has 2 aromatic rings. The smallest absolute Gasteiger partial charge is 0.228 e. The lowest BCUT2D eigenvalue weighted by Crippen LogP contribution is -2.49. The number of carbonyl (C=O) groups excluding carboxylic acids is 1. The number of nitrogens with two attached hydrogens (primary N) is 1. The number of aromatic nitrogens is 2. The van der Waals surface area contributed by atoms with Crippen LogP contribution in [-0.4, -0.2) is 47.0 Å². The van der Waals surface area contributed by atoms with E-state index < -0.39 is 0 Å². The molecular formula is C14H17N5OS. The summed E-state index contributed by atoms with van der Waals surface area (Å²) in [6.07, 6.45) is 2.12. The van der Waals surface area contributed by atoms with Crippen molar-refractivity contribution >= 4 is 28.2 Å². The first-order valence-electron chi connectivity index (χ1n) is 6.86. The maximum Gasteiger partial charge on any atom is 0.228 e. The first kappa shape index (κ1) is 13.8. The van der Waals surface area contributed by atoms with Gasteiger partial charge in [-0.05, 0) is 12.1 Å². The number of thiazole rings is 1. The molecule has 0 aromatic carbocycles. The van der Waals surface area contributed by atoms with Crippen molar-refractivity contribution in [1.82, 2.24) is 14.9 Å². The van der Waals surface area contributed by atoms with Crippen molar-refractivity contribution in [3.05, 3.63) is 35.5 Å². The molecule has 0 saturated carbocycles. The van der Waals surface area contributed by atoms with Gasteiger partial charge in [0.25, 0.3) is 0 Å². The highest BCUT2D eigenvalue weighted by molar-refractivity contribution is 7.13. The summed E-state index contributed by atoms with van der Waals surface area (Å²) in [6.45, 7) is 3.05. The van der Waals surface area contributed by atoms with Crippen LogP contribution in [0, 0.1) is 0 Å². The Hall–Kier alpha value is -2.15. The first-order chi connectivity index (χ1) is 10.2. The normalized spacial score (nSPS) is 15.2. The zero-order valence-corrected chi connectivity index (χ0v) is 12.4. The minimum absolute atomic E-state index is 0.112. The highest BCUT2D eigenvalue weighted by Crippen LogP contribution is 2.15. The van der Waals surface area contributed by atoms with E-state index in [1.807, 2.05) is 28.5 Å². The second-order valence-electron chi connectivity index (χ2n) is 4.91. The number of hydrogen-bond donors (Lipinski definition) is 1. The summed E-state index contributed by atoms with van der Waals surface area (Å²) in [5.41, 5.74) is 6.34. The van der Waals surface area contributed by atoms with Crippen molar-refractivity contribution in [3.8, 4) is 0 Å². The lowest BCUT2D eigenvalue weighted by atomic mass is 10.2. The van der Waals surface area contributed by atoms with Gasteiger partial charge in [0.05, 0.1) is 12.1 Å². The van der Waals surface area contributed by atoms with Crippen LogP contribution in [0.2, 0.25) is 0 Å². The van der Waals surface area contributed by atoms with Gasteiger partial charge in [0, 0.05) is 37.8 Å². The minimum Gasteiger partial charge on any atom is -0.375 e. The van der Waals surface area contributed by atoms with Crippen LogP contribution in [-0.2, 0) is 11.2 Å². The van der Waals surface area contributed by atoms with Gasteiger partial charge in [0.1, 0.15) is 5.82 Å².